The second-order valence-corrected chi connectivity index (χ2v) is 4.37. The van der Waals surface area contributed by atoms with E-state index in [2.05, 4.69) is 0 Å². The van der Waals surface area contributed by atoms with Gasteiger partial charge < -0.3 is 0 Å². The van der Waals surface area contributed by atoms with Gasteiger partial charge in [0.25, 0.3) is 0 Å². The van der Waals surface area contributed by atoms with E-state index in [0.717, 1.165) is 0 Å². The van der Waals surface area contributed by atoms with Gasteiger partial charge in [0.15, 0.2) is 0 Å². The zero-order valence-corrected chi connectivity index (χ0v) is 7.82. The third-order valence-electron chi connectivity index (χ3n) is 0. The van der Waals surface area contributed by atoms with E-state index in [1.807, 2.05) is 0 Å². The van der Waals surface area contributed by atoms with Crippen molar-refractivity contribution in [1.82, 2.24) is 0 Å². The Kier molecular flexibility index (Phi) is 3.08. The van der Waals surface area contributed by atoms with Crippen LogP contribution in [0.2, 0.25) is 0 Å². The van der Waals surface area contributed by atoms with Gasteiger partial charge in [0, 0.05) is 0 Å². The van der Waals surface area contributed by atoms with Crippen LogP contribution >= 0.6 is 0 Å². The second-order valence-electron chi connectivity index (χ2n) is 0.908. The minimum absolute atomic E-state index is 0.291. The fraction of sp³-hybridized carbons (Fsp3) is 0.500. The van der Waals surface area contributed by atoms with E-state index in [1.165, 1.54) is 0 Å². The molecule has 0 N–H and O–H groups in total. The first-order valence-corrected chi connectivity index (χ1v) is 3.66. The van der Waals surface area contributed by atoms with Gasteiger partial charge in [-0.15, -0.1) is 0 Å². The molecule has 0 aromatic heterocycles. The first-order chi connectivity index (χ1) is 1.73. The van der Waals surface area contributed by atoms with Crippen LogP contribution in [0.5, 0.6) is 0 Å². The molecule has 0 aromatic carbocycles. The first kappa shape index (κ1) is 5.15. The standard InChI is InChI=1S/C2H3O.Sr.H/c1-2-3;;/h1H3;;. The Labute approximate surface area is 54.9 Å². The molecular weight excluding hydrogens is 128 g/mol. The Balaban J connectivity index is 2.80. The van der Waals surface area contributed by atoms with E-state index >= 15 is 0 Å². The predicted octanol–water partition coefficient (Wildman–Crippen LogP) is -0.566. The summed E-state index contributed by atoms with van der Waals surface area (Å²) >= 11 is 0.291. The van der Waals surface area contributed by atoms with Gasteiger partial charge in [-0.2, -0.15) is 0 Å². The Morgan fingerprint density at radius 1 is 2.00 bits per heavy atom. The van der Waals surface area contributed by atoms with Gasteiger partial charge in [0.2, 0.25) is 0 Å². The molecule has 0 bridgehead atoms. The van der Waals surface area contributed by atoms with Crippen LogP contribution in [-0.4, -0.2) is 44.0 Å². The molecule has 2 heteroatoms. The summed E-state index contributed by atoms with van der Waals surface area (Å²) in [6, 6.07) is 0. The van der Waals surface area contributed by atoms with Gasteiger partial charge in [-0.05, 0) is 0 Å². The van der Waals surface area contributed by atoms with Crippen molar-refractivity contribution in [2.75, 3.05) is 0 Å². The second kappa shape index (κ2) is 2.39. The summed E-state index contributed by atoms with van der Waals surface area (Å²) in [5.41, 5.74) is 0. The fourth-order valence-electron chi connectivity index (χ4n) is 0. The van der Waals surface area contributed by atoms with Crippen molar-refractivity contribution < 1.29 is 4.79 Å². The predicted molar refractivity (Wildman–Crippen MR) is 17.8 cm³/mol. The van der Waals surface area contributed by atoms with Crippen molar-refractivity contribution in [2.45, 2.75) is 6.92 Å². The summed E-state index contributed by atoms with van der Waals surface area (Å²) in [7, 11) is 0. The molecule has 0 saturated carbocycles. The molecule has 0 aliphatic rings. The third kappa shape index (κ3) is 11.0. The van der Waals surface area contributed by atoms with E-state index in [4.69, 9.17) is 0 Å². The van der Waals surface area contributed by atoms with Crippen molar-refractivity contribution in [2.24, 2.45) is 0 Å². The molecule has 0 amide bonds. The molecule has 0 unspecified atom stereocenters. The first-order valence-electron chi connectivity index (χ1n) is 1.20. The average molecular weight is 132 g/mol. The van der Waals surface area contributed by atoms with Crippen molar-refractivity contribution in [1.29, 1.82) is 0 Å². The molecule has 0 heterocycles. The van der Waals surface area contributed by atoms with Crippen LogP contribution in [0.3, 0.4) is 0 Å². The van der Waals surface area contributed by atoms with Gasteiger partial charge in [-0.3, -0.25) is 0 Å². The molecule has 0 atom stereocenters. The van der Waals surface area contributed by atoms with Crippen LogP contribution in [0.4, 0.5) is 0 Å². The Bertz CT molecular complexity index is 29.0. The zero-order chi connectivity index (χ0) is 3.58. The third-order valence-corrected chi connectivity index (χ3v) is 0. The maximum atomic E-state index is 9.54. The summed E-state index contributed by atoms with van der Waals surface area (Å²) in [6.07, 6.45) is 0. The van der Waals surface area contributed by atoms with Gasteiger partial charge in [0.05, 0.1) is 0 Å². The zero-order valence-electron chi connectivity index (χ0n) is 2.91. The summed E-state index contributed by atoms with van der Waals surface area (Å²) in [4.78, 5) is 9.54. The summed E-state index contributed by atoms with van der Waals surface area (Å²) in [5, 5.41) is 0. The van der Waals surface area contributed by atoms with E-state index in [-0.39, 0.29) is 0 Å². The molecule has 0 aliphatic heterocycles. The molecule has 0 radical (unpaired) electrons. The molecule has 0 aliphatic carbocycles. The van der Waals surface area contributed by atoms with Crippen molar-refractivity contribution >= 4 is 44.0 Å². The molecule has 0 fully saturated rings. The van der Waals surface area contributed by atoms with E-state index in [9.17, 15) is 4.79 Å². The number of hydrogen-bond acceptors (Lipinski definition) is 1. The van der Waals surface area contributed by atoms with Gasteiger partial charge in [0.1, 0.15) is 0 Å². The molecule has 4 heavy (non-hydrogen) atoms. The Morgan fingerprint density at radius 2 is 2.00 bits per heavy atom. The van der Waals surface area contributed by atoms with Crippen molar-refractivity contribution in [3.8, 4) is 0 Å². The molecular formula is C2H4OSr. The number of hydrogen-bond donors (Lipinski definition) is 0. The number of carbonyl (C=O) groups is 1. The quantitative estimate of drug-likeness (QED) is 0.403. The normalized spacial score (nSPS) is 6.00. The number of rotatable bonds is 0. The van der Waals surface area contributed by atoms with Crippen LogP contribution < -0.4 is 0 Å². The van der Waals surface area contributed by atoms with Crippen LogP contribution in [-0.2, 0) is 4.79 Å². The molecule has 0 spiro atoms. The van der Waals surface area contributed by atoms with Crippen molar-refractivity contribution in [3.63, 3.8) is 0 Å². The summed E-state index contributed by atoms with van der Waals surface area (Å²) in [5.74, 6) is 0. The van der Waals surface area contributed by atoms with Gasteiger partial charge >= 0.3 is 55.7 Å². The van der Waals surface area contributed by atoms with Crippen LogP contribution in [0.15, 0.2) is 0 Å². The monoisotopic (exact) mass is 132 g/mol. The molecule has 0 saturated heterocycles. The maximum absolute atomic E-state index is 9.54. The molecule has 1 nitrogen and oxygen atoms in total. The SMILES string of the molecule is C[C](=O)[SrH]. The summed E-state index contributed by atoms with van der Waals surface area (Å²) < 4.78 is 0.377. The van der Waals surface area contributed by atoms with Gasteiger partial charge in [-0.1, -0.05) is 0 Å². The average Bonchev–Trinajstić information content (AvgIpc) is 0.811. The van der Waals surface area contributed by atoms with Gasteiger partial charge in [-0.25, -0.2) is 0 Å². The Morgan fingerprint density at radius 3 is 2.00 bits per heavy atom. The van der Waals surface area contributed by atoms with E-state index in [0.29, 0.717) is 44.0 Å². The van der Waals surface area contributed by atoms with E-state index in [1.54, 1.807) is 6.92 Å². The minimum atomic E-state index is 0.291. The van der Waals surface area contributed by atoms with Crippen LogP contribution in [0, 0.1) is 0 Å². The topological polar surface area (TPSA) is 17.1 Å². The van der Waals surface area contributed by atoms with Crippen molar-refractivity contribution in [3.05, 3.63) is 0 Å². The Hall–Kier alpha value is 1.15. The summed E-state index contributed by atoms with van der Waals surface area (Å²) in [6.45, 7) is 1.62. The number of carbonyl (C=O) groups excluding carboxylic acids is 1. The molecule has 0 aromatic rings. The van der Waals surface area contributed by atoms with E-state index < -0.39 is 0 Å². The fourth-order valence-corrected chi connectivity index (χ4v) is 0. The molecule has 0 rings (SSSR count). The molecule has 20 valence electrons. The van der Waals surface area contributed by atoms with Crippen LogP contribution in [0.25, 0.3) is 0 Å². The van der Waals surface area contributed by atoms with Crippen LogP contribution in [0.1, 0.15) is 6.92 Å².